The number of benzene rings is 1. The fraction of sp³-hybridized carbons (Fsp3) is 0.368. The minimum Gasteiger partial charge on any atom is -0.283 e. The Morgan fingerprint density at radius 2 is 1.96 bits per heavy atom. The fourth-order valence-corrected chi connectivity index (χ4v) is 5.32. The van der Waals surface area contributed by atoms with Gasteiger partial charge in [0.1, 0.15) is 4.83 Å². The minimum atomic E-state index is 0.132. The zero-order chi connectivity index (χ0) is 16.5. The lowest BCUT2D eigenvalue weighted by Gasteiger charge is -2.11. The first-order valence-corrected chi connectivity index (χ1v) is 10.4. The van der Waals surface area contributed by atoms with E-state index in [4.69, 9.17) is 4.98 Å². The van der Waals surface area contributed by atoms with E-state index in [1.165, 1.54) is 29.7 Å². The quantitative estimate of drug-likeness (QED) is 0.394. The van der Waals surface area contributed by atoms with E-state index in [1.54, 1.807) is 23.1 Å². The summed E-state index contributed by atoms with van der Waals surface area (Å²) in [4.78, 5) is 20.4. The second-order valence-corrected chi connectivity index (χ2v) is 8.08. The molecule has 4 rings (SSSR count). The summed E-state index contributed by atoms with van der Waals surface area (Å²) in [5, 5.41) is 1.69. The Morgan fingerprint density at radius 3 is 2.75 bits per heavy atom. The van der Waals surface area contributed by atoms with Gasteiger partial charge >= 0.3 is 0 Å². The normalized spacial score (nSPS) is 14.5. The Bertz CT molecular complexity index is 928. The molecular weight excluding hydrogens is 336 g/mol. The van der Waals surface area contributed by atoms with Crippen molar-refractivity contribution in [3.63, 3.8) is 0 Å². The van der Waals surface area contributed by atoms with E-state index >= 15 is 0 Å². The van der Waals surface area contributed by atoms with Gasteiger partial charge < -0.3 is 0 Å². The molecule has 24 heavy (non-hydrogen) atoms. The van der Waals surface area contributed by atoms with Crippen LogP contribution in [0.25, 0.3) is 10.2 Å². The van der Waals surface area contributed by atoms with Crippen LogP contribution in [0.5, 0.6) is 0 Å². The van der Waals surface area contributed by atoms with Crippen LogP contribution in [0.1, 0.15) is 35.3 Å². The number of fused-ring (bicyclic) bond motifs is 3. The predicted molar refractivity (Wildman–Crippen MR) is 102 cm³/mol. The van der Waals surface area contributed by atoms with Crippen molar-refractivity contribution in [2.24, 2.45) is 0 Å². The maximum absolute atomic E-state index is 13.3. The summed E-state index contributed by atoms with van der Waals surface area (Å²) >= 11 is 3.29. The molecule has 1 aliphatic rings. The lowest BCUT2D eigenvalue weighted by molar-refractivity contribution is 0.659. The highest BCUT2D eigenvalue weighted by molar-refractivity contribution is 7.98. The van der Waals surface area contributed by atoms with E-state index in [1.807, 2.05) is 29.0 Å². The molecule has 0 spiro atoms. The van der Waals surface area contributed by atoms with Crippen LogP contribution >= 0.6 is 23.1 Å². The number of aryl methyl sites for hydroxylation is 2. The van der Waals surface area contributed by atoms with E-state index in [2.05, 4.69) is 12.1 Å². The molecule has 0 amide bonds. The number of hydrogen-bond acceptors (Lipinski definition) is 4. The third kappa shape index (κ3) is 2.80. The molecule has 124 valence electrons. The van der Waals surface area contributed by atoms with Crippen LogP contribution in [0.2, 0.25) is 0 Å². The van der Waals surface area contributed by atoms with E-state index < -0.39 is 0 Å². The fourth-order valence-electron chi connectivity index (χ4n) is 3.46. The van der Waals surface area contributed by atoms with Crippen LogP contribution in [0.15, 0.2) is 40.3 Å². The lowest BCUT2D eigenvalue weighted by atomic mass is 10.1. The first-order chi connectivity index (χ1) is 11.8. The van der Waals surface area contributed by atoms with Gasteiger partial charge in [-0.15, -0.1) is 11.3 Å². The molecular formula is C19H20N2OS2. The van der Waals surface area contributed by atoms with Crippen molar-refractivity contribution >= 4 is 33.3 Å². The topological polar surface area (TPSA) is 34.9 Å². The standard InChI is InChI=1S/C19H20N2OS2/c1-23-19-20-17-16(14-10-6-3-7-11-15(14)24-17)18(22)21(19)12-13-8-4-2-5-9-13/h2,4-5,8-9H,3,6-7,10-12H2,1H3. The van der Waals surface area contributed by atoms with Crippen molar-refractivity contribution in [2.75, 3.05) is 6.26 Å². The van der Waals surface area contributed by atoms with Gasteiger partial charge in [0, 0.05) is 4.88 Å². The molecule has 0 atom stereocenters. The average molecular weight is 357 g/mol. The predicted octanol–water partition coefficient (Wildman–Crippen LogP) is 4.50. The molecule has 1 aliphatic carbocycles. The van der Waals surface area contributed by atoms with Crippen LogP contribution in [-0.4, -0.2) is 15.8 Å². The molecule has 0 unspecified atom stereocenters. The molecule has 2 aromatic heterocycles. The molecule has 0 fully saturated rings. The van der Waals surface area contributed by atoms with Crippen molar-refractivity contribution in [3.8, 4) is 0 Å². The van der Waals surface area contributed by atoms with Gasteiger partial charge in [0.25, 0.3) is 5.56 Å². The van der Waals surface area contributed by atoms with Crippen molar-refractivity contribution in [2.45, 2.75) is 43.8 Å². The Kier molecular flexibility index (Phi) is 4.46. The summed E-state index contributed by atoms with van der Waals surface area (Å²) in [7, 11) is 0. The Labute approximate surface area is 149 Å². The van der Waals surface area contributed by atoms with E-state index in [-0.39, 0.29) is 5.56 Å². The molecule has 1 aromatic carbocycles. The summed E-state index contributed by atoms with van der Waals surface area (Å²) in [5.41, 5.74) is 2.55. The van der Waals surface area contributed by atoms with Gasteiger partial charge in [-0.2, -0.15) is 0 Å². The zero-order valence-electron chi connectivity index (χ0n) is 13.7. The Hall–Kier alpha value is -1.59. The Morgan fingerprint density at radius 1 is 1.17 bits per heavy atom. The van der Waals surface area contributed by atoms with E-state index in [0.29, 0.717) is 6.54 Å². The highest BCUT2D eigenvalue weighted by Crippen LogP contribution is 2.33. The van der Waals surface area contributed by atoms with Gasteiger partial charge in [0.15, 0.2) is 5.16 Å². The monoisotopic (exact) mass is 356 g/mol. The molecule has 3 aromatic rings. The highest BCUT2D eigenvalue weighted by Gasteiger charge is 2.21. The van der Waals surface area contributed by atoms with Gasteiger partial charge in [-0.05, 0) is 43.1 Å². The molecule has 5 heteroatoms. The maximum Gasteiger partial charge on any atom is 0.263 e. The van der Waals surface area contributed by atoms with Crippen molar-refractivity contribution in [1.82, 2.24) is 9.55 Å². The van der Waals surface area contributed by atoms with Crippen molar-refractivity contribution in [1.29, 1.82) is 0 Å². The summed E-state index contributed by atoms with van der Waals surface area (Å²) in [6.07, 6.45) is 7.79. The molecule has 0 saturated heterocycles. The highest BCUT2D eigenvalue weighted by atomic mass is 32.2. The van der Waals surface area contributed by atoms with Crippen LogP contribution < -0.4 is 5.56 Å². The van der Waals surface area contributed by atoms with Crippen LogP contribution in [0, 0.1) is 0 Å². The summed E-state index contributed by atoms with van der Waals surface area (Å²) in [6.45, 7) is 0.587. The second-order valence-electron chi connectivity index (χ2n) is 6.22. The third-order valence-electron chi connectivity index (χ3n) is 4.66. The van der Waals surface area contributed by atoms with Crippen molar-refractivity contribution in [3.05, 3.63) is 56.7 Å². The average Bonchev–Trinajstić information content (AvgIpc) is 2.79. The van der Waals surface area contributed by atoms with Crippen LogP contribution in [0.4, 0.5) is 0 Å². The zero-order valence-corrected chi connectivity index (χ0v) is 15.4. The SMILES string of the molecule is CSc1nc2sc3c(c2c(=O)n1Cc1ccccc1)CCCCC3. The minimum absolute atomic E-state index is 0.132. The number of aromatic nitrogens is 2. The van der Waals surface area contributed by atoms with Gasteiger partial charge in [0.05, 0.1) is 11.9 Å². The molecule has 3 nitrogen and oxygen atoms in total. The molecule has 0 bridgehead atoms. The maximum atomic E-state index is 13.3. The second kappa shape index (κ2) is 6.73. The van der Waals surface area contributed by atoms with Crippen LogP contribution in [0.3, 0.4) is 0 Å². The molecule has 0 radical (unpaired) electrons. The van der Waals surface area contributed by atoms with Gasteiger partial charge in [0.2, 0.25) is 0 Å². The molecule has 0 aliphatic heterocycles. The first-order valence-electron chi connectivity index (χ1n) is 8.41. The van der Waals surface area contributed by atoms with Gasteiger partial charge in [-0.3, -0.25) is 9.36 Å². The molecule has 0 saturated carbocycles. The molecule has 2 heterocycles. The number of thioether (sulfide) groups is 1. The molecule has 0 N–H and O–H groups in total. The van der Waals surface area contributed by atoms with Gasteiger partial charge in [-0.1, -0.05) is 48.5 Å². The number of thiophene rings is 1. The van der Waals surface area contributed by atoms with Crippen LogP contribution in [-0.2, 0) is 19.4 Å². The summed E-state index contributed by atoms with van der Waals surface area (Å²) < 4.78 is 1.85. The van der Waals surface area contributed by atoms with Crippen molar-refractivity contribution < 1.29 is 0 Å². The van der Waals surface area contributed by atoms with E-state index in [9.17, 15) is 4.79 Å². The number of nitrogens with zero attached hydrogens (tertiary/aromatic N) is 2. The largest absolute Gasteiger partial charge is 0.283 e. The smallest absolute Gasteiger partial charge is 0.263 e. The van der Waals surface area contributed by atoms with E-state index in [0.717, 1.165) is 33.8 Å². The lowest BCUT2D eigenvalue weighted by Crippen LogP contribution is -2.24. The third-order valence-corrected chi connectivity index (χ3v) is 6.52. The number of rotatable bonds is 3. The first kappa shape index (κ1) is 15.9. The Balaban J connectivity index is 1.90. The number of hydrogen-bond donors (Lipinski definition) is 0. The van der Waals surface area contributed by atoms with Gasteiger partial charge in [-0.25, -0.2) is 4.98 Å². The summed E-state index contributed by atoms with van der Waals surface area (Å²) in [5.74, 6) is 0. The summed E-state index contributed by atoms with van der Waals surface area (Å²) in [6, 6.07) is 10.2.